The van der Waals surface area contributed by atoms with Crippen molar-refractivity contribution >= 4 is 47.0 Å². The molecule has 0 saturated carbocycles. The Bertz CT molecular complexity index is 236. The van der Waals surface area contributed by atoms with Crippen molar-refractivity contribution in [1.29, 1.82) is 0 Å². The van der Waals surface area contributed by atoms with Gasteiger partial charge in [-0.25, -0.2) is 0 Å². The van der Waals surface area contributed by atoms with E-state index in [-0.39, 0.29) is 6.61 Å². The summed E-state index contributed by atoms with van der Waals surface area (Å²) in [5, 5.41) is 9.38. The highest BCUT2D eigenvalue weighted by molar-refractivity contribution is 8.34. The van der Waals surface area contributed by atoms with Crippen molar-refractivity contribution in [2.75, 3.05) is 44.5 Å². The molecule has 0 bridgehead atoms. The average Bonchev–Trinajstić information content (AvgIpc) is 2.62. The summed E-state index contributed by atoms with van der Waals surface area (Å²) in [6.07, 6.45) is 1.25. The van der Waals surface area contributed by atoms with Crippen LogP contribution in [0.3, 0.4) is 0 Å². The molecule has 1 aliphatic heterocycles. The lowest BCUT2D eigenvalue weighted by Crippen LogP contribution is -2.25. The first kappa shape index (κ1) is 27.5. The maximum atomic E-state index is 9.38. The Hall–Kier alpha value is 1.28. The fraction of sp³-hybridized carbons (Fsp3) is 1.00. The van der Waals surface area contributed by atoms with E-state index in [0.717, 1.165) is 37.9 Å². The zero-order valence-electron chi connectivity index (χ0n) is 16.3. The molecule has 1 aliphatic rings. The Kier molecular flexibility index (Phi) is 25.6. The van der Waals surface area contributed by atoms with Crippen LogP contribution in [0.4, 0.5) is 0 Å². The largest absolute Gasteiger partial charge is 0.394 e. The summed E-state index contributed by atoms with van der Waals surface area (Å²) in [6, 6.07) is 0. The topological polar surface area (TPSA) is 38.7 Å². The molecule has 1 fully saturated rings. The van der Waals surface area contributed by atoms with Gasteiger partial charge < -0.3 is 14.6 Å². The van der Waals surface area contributed by atoms with Crippen molar-refractivity contribution in [2.45, 2.75) is 61.7 Å². The minimum atomic E-state index is 0.249. The molecular weight excluding hydrogens is 380 g/mol. The van der Waals surface area contributed by atoms with Gasteiger partial charge in [-0.2, -0.15) is 11.8 Å². The molecule has 1 heterocycles. The van der Waals surface area contributed by atoms with Crippen LogP contribution >= 0.6 is 47.0 Å². The lowest BCUT2D eigenvalue weighted by atomic mass is 10.6. The molecule has 148 valence electrons. The average molecular weight is 419 g/mol. The predicted octanol–water partition coefficient (Wildman–Crippen LogP) is 5.42. The predicted molar refractivity (Wildman–Crippen MR) is 119 cm³/mol. The highest BCUT2D eigenvalue weighted by Gasteiger charge is 2.30. The standard InChI is InChI=1S/C12H24O3S4.C3H8.C2H6/c1-3-14-5-6-16-9-12-18-10(7-13)17-11(19-12)8-15-4-2;1-3-2;1-2/h10-13H,3-9H2,1-2H3;3H2,1-2H3;1-2H3. The fourth-order valence-electron chi connectivity index (χ4n) is 1.50. The van der Waals surface area contributed by atoms with Crippen molar-refractivity contribution in [3.63, 3.8) is 0 Å². The fourth-order valence-corrected chi connectivity index (χ4v) is 8.66. The second-order valence-electron chi connectivity index (χ2n) is 4.52. The highest BCUT2D eigenvalue weighted by atomic mass is 32.3. The second kappa shape index (κ2) is 22.3. The van der Waals surface area contributed by atoms with Gasteiger partial charge in [-0.15, -0.1) is 35.3 Å². The van der Waals surface area contributed by atoms with Gasteiger partial charge in [0.25, 0.3) is 0 Å². The van der Waals surface area contributed by atoms with Crippen LogP contribution in [0.15, 0.2) is 0 Å². The van der Waals surface area contributed by atoms with E-state index in [9.17, 15) is 5.11 Å². The molecule has 0 spiro atoms. The summed E-state index contributed by atoms with van der Waals surface area (Å²) in [5.41, 5.74) is 0. The van der Waals surface area contributed by atoms with Crippen molar-refractivity contribution in [3.8, 4) is 0 Å². The molecule has 0 aromatic carbocycles. The van der Waals surface area contributed by atoms with Crippen LogP contribution in [0, 0.1) is 0 Å². The molecule has 1 N–H and O–H groups in total. The third-order valence-electron chi connectivity index (χ3n) is 2.35. The van der Waals surface area contributed by atoms with E-state index >= 15 is 0 Å². The van der Waals surface area contributed by atoms with E-state index in [2.05, 4.69) is 13.8 Å². The third-order valence-corrected chi connectivity index (χ3v) is 8.52. The summed E-state index contributed by atoms with van der Waals surface area (Å²) >= 11 is 7.65. The van der Waals surface area contributed by atoms with E-state index in [1.165, 1.54) is 6.42 Å². The zero-order valence-corrected chi connectivity index (χ0v) is 19.6. The summed E-state index contributed by atoms with van der Waals surface area (Å²) in [7, 11) is 0. The maximum Gasteiger partial charge on any atom is 0.0759 e. The minimum absolute atomic E-state index is 0.249. The number of thioether (sulfide) groups is 4. The van der Waals surface area contributed by atoms with Gasteiger partial charge in [0, 0.05) is 24.7 Å². The van der Waals surface area contributed by atoms with Crippen molar-refractivity contribution < 1.29 is 14.6 Å². The summed E-state index contributed by atoms with van der Waals surface area (Å²) in [6.45, 7) is 15.7. The summed E-state index contributed by atoms with van der Waals surface area (Å²) < 4.78 is 12.2. The molecule has 3 atom stereocenters. The first-order valence-electron chi connectivity index (χ1n) is 9.02. The molecule has 7 heteroatoms. The molecule has 3 unspecified atom stereocenters. The second-order valence-corrected chi connectivity index (χ2v) is 10.8. The van der Waals surface area contributed by atoms with Gasteiger partial charge in [-0.1, -0.05) is 34.1 Å². The number of hydrogen-bond donors (Lipinski definition) is 1. The highest BCUT2D eigenvalue weighted by Crippen LogP contribution is 2.47. The van der Waals surface area contributed by atoms with Crippen molar-refractivity contribution in [1.82, 2.24) is 0 Å². The first-order valence-corrected chi connectivity index (χ1v) is 13.0. The Morgan fingerprint density at radius 2 is 1.42 bits per heavy atom. The van der Waals surface area contributed by atoms with E-state index < -0.39 is 0 Å². The first-order chi connectivity index (χ1) is 11.7. The number of aliphatic hydroxyl groups is 1. The molecule has 0 amide bonds. The van der Waals surface area contributed by atoms with Gasteiger partial charge in [0.15, 0.2) is 0 Å². The molecule has 1 rings (SSSR count). The van der Waals surface area contributed by atoms with E-state index in [4.69, 9.17) is 9.47 Å². The zero-order chi connectivity index (χ0) is 18.6. The lowest BCUT2D eigenvalue weighted by Gasteiger charge is -2.32. The molecule has 0 radical (unpaired) electrons. The number of aliphatic hydroxyl groups excluding tert-OH is 1. The molecule has 24 heavy (non-hydrogen) atoms. The third kappa shape index (κ3) is 16.7. The summed E-state index contributed by atoms with van der Waals surface area (Å²) in [4.78, 5) is 0. The van der Waals surface area contributed by atoms with Gasteiger partial charge in [-0.3, -0.25) is 0 Å². The maximum absolute atomic E-state index is 9.38. The molecule has 0 aromatic heterocycles. The summed E-state index contributed by atoms with van der Waals surface area (Å²) in [5.74, 6) is 2.17. The van der Waals surface area contributed by atoms with Gasteiger partial charge >= 0.3 is 0 Å². The van der Waals surface area contributed by atoms with Crippen LogP contribution in [-0.4, -0.2) is 63.4 Å². The van der Waals surface area contributed by atoms with E-state index in [1.807, 2.05) is 74.7 Å². The number of rotatable bonds is 10. The quantitative estimate of drug-likeness (QED) is 0.475. The van der Waals surface area contributed by atoms with E-state index in [0.29, 0.717) is 13.7 Å². The smallest absolute Gasteiger partial charge is 0.0759 e. The minimum Gasteiger partial charge on any atom is -0.394 e. The Morgan fingerprint density at radius 1 is 0.875 bits per heavy atom. The van der Waals surface area contributed by atoms with Crippen molar-refractivity contribution in [2.24, 2.45) is 0 Å². The number of ether oxygens (including phenoxy) is 2. The molecular formula is C17H38O3S4. The SMILES string of the molecule is CC.CCC.CCOCCSCC1SC(CO)SC(COCC)S1. The van der Waals surface area contributed by atoms with Crippen LogP contribution < -0.4 is 0 Å². The molecule has 1 saturated heterocycles. The van der Waals surface area contributed by atoms with E-state index in [1.54, 1.807) is 0 Å². The molecule has 3 nitrogen and oxygen atoms in total. The van der Waals surface area contributed by atoms with Gasteiger partial charge in [-0.05, 0) is 13.8 Å². The molecule has 0 aromatic rings. The Labute approximate surface area is 167 Å². The Morgan fingerprint density at radius 3 is 1.96 bits per heavy atom. The lowest BCUT2D eigenvalue weighted by molar-refractivity contribution is 0.160. The number of hydrogen-bond acceptors (Lipinski definition) is 7. The van der Waals surface area contributed by atoms with Gasteiger partial charge in [0.1, 0.15) is 0 Å². The monoisotopic (exact) mass is 418 g/mol. The normalized spacial score (nSPS) is 22.9. The van der Waals surface area contributed by atoms with Crippen LogP contribution in [-0.2, 0) is 9.47 Å². The molecule has 0 aliphatic carbocycles. The van der Waals surface area contributed by atoms with Gasteiger partial charge in [0.05, 0.1) is 33.6 Å². The van der Waals surface area contributed by atoms with Crippen LogP contribution in [0.5, 0.6) is 0 Å². The van der Waals surface area contributed by atoms with Crippen LogP contribution in [0.2, 0.25) is 0 Å². The van der Waals surface area contributed by atoms with Crippen molar-refractivity contribution in [3.05, 3.63) is 0 Å². The Balaban J connectivity index is 0. The van der Waals surface area contributed by atoms with Crippen LogP contribution in [0.1, 0.15) is 48.0 Å². The van der Waals surface area contributed by atoms with Gasteiger partial charge in [0.2, 0.25) is 0 Å². The van der Waals surface area contributed by atoms with Crippen LogP contribution in [0.25, 0.3) is 0 Å².